The molecule has 0 unspecified atom stereocenters. The van der Waals surface area contributed by atoms with Gasteiger partial charge in [0.15, 0.2) is 9.68 Å². The third-order valence-corrected chi connectivity index (χ3v) is 0.289. The fourth-order valence-electron chi connectivity index (χ4n) is 0. The van der Waals surface area contributed by atoms with Crippen molar-refractivity contribution >= 4 is 15.6 Å². The Hall–Kier alpha value is -0.153. The summed E-state index contributed by atoms with van der Waals surface area (Å²) in [5.74, 6) is 0.792. The van der Waals surface area contributed by atoms with Gasteiger partial charge in [-0.2, -0.15) is 0 Å². The molecule has 0 amide bonds. The minimum atomic E-state index is -0.756. The van der Waals surface area contributed by atoms with E-state index in [1.54, 1.807) is 0 Å². The molecule has 0 bridgehead atoms. The van der Waals surface area contributed by atoms with Crippen LogP contribution in [0, 0.1) is 0 Å². The Morgan fingerprint density at radius 2 is 2.25 bits per heavy atom. The molecule has 0 rings (SSSR count). The largest absolute Gasteiger partial charge is 0.350 e. The molecule has 0 spiro atoms. The number of nitrogens with two attached hydrogens (primary N) is 1. The van der Waals surface area contributed by atoms with Gasteiger partial charge in [0.05, 0.1) is 0 Å². The lowest BCUT2D eigenvalue weighted by Crippen LogP contribution is -2.03. The van der Waals surface area contributed by atoms with Gasteiger partial charge >= 0.3 is 0 Å². The van der Waals surface area contributed by atoms with Gasteiger partial charge in [-0.15, -0.1) is 0 Å². The Balaban J connectivity index is 2.30. The Morgan fingerprint density at radius 3 is 2.25 bits per heavy atom. The van der Waals surface area contributed by atoms with E-state index in [0.29, 0.717) is 0 Å². The summed E-state index contributed by atoms with van der Waals surface area (Å²) in [6, 6.07) is 0. The highest BCUT2D eigenvalue weighted by molar-refractivity contribution is 6.63. The molecule has 4 heavy (non-hydrogen) atoms. The SMILES string of the molecule is N[SiH2]C=O. The summed E-state index contributed by atoms with van der Waals surface area (Å²) in [5, 5.41) is 4.80. The van der Waals surface area contributed by atoms with Crippen LogP contribution in [0.5, 0.6) is 0 Å². The van der Waals surface area contributed by atoms with E-state index < -0.39 is 9.68 Å². The molecule has 2 N–H and O–H groups in total. The van der Waals surface area contributed by atoms with Crippen LogP contribution in [0.25, 0.3) is 0 Å². The van der Waals surface area contributed by atoms with Crippen molar-refractivity contribution in [1.82, 2.24) is 0 Å². The maximum absolute atomic E-state index is 9.11. The fraction of sp³-hybridized carbons (Fsp3) is 0. The van der Waals surface area contributed by atoms with Crippen molar-refractivity contribution in [2.45, 2.75) is 0 Å². The quantitative estimate of drug-likeness (QED) is 0.296. The lowest BCUT2D eigenvalue weighted by atomic mass is 11.8. The number of carbonyl (C=O) groups excluding carboxylic acids is 1. The van der Waals surface area contributed by atoms with Crippen LogP contribution in [0.15, 0.2) is 0 Å². The summed E-state index contributed by atoms with van der Waals surface area (Å²) in [6.45, 7) is 0. The van der Waals surface area contributed by atoms with Crippen LogP contribution in [-0.2, 0) is 4.79 Å². The Labute approximate surface area is 26.9 Å². The second-order valence-corrected chi connectivity index (χ2v) is 1.21. The van der Waals surface area contributed by atoms with Crippen LogP contribution in [0.2, 0.25) is 0 Å². The first kappa shape index (κ1) is 3.85. The van der Waals surface area contributed by atoms with Crippen molar-refractivity contribution in [2.75, 3.05) is 0 Å². The van der Waals surface area contributed by atoms with Gasteiger partial charge in [-0.1, -0.05) is 0 Å². The Bertz CT molecular complexity index is 22.0. The third kappa shape index (κ3) is 1.85. The summed E-state index contributed by atoms with van der Waals surface area (Å²) in [5.41, 5.74) is 0. The van der Waals surface area contributed by atoms with Gasteiger partial charge in [0.25, 0.3) is 0 Å². The van der Waals surface area contributed by atoms with Crippen molar-refractivity contribution in [3.05, 3.63) is 0 Å². The van der Waals surface area contributed by atoms with Crippen molar-refractivity contribution in [3.63, 3.8) is 0 Å². The maximum atomic E-state index is 9.11. The highest BCUT2D eigenvalue weighted by Gasteiger charge is 1.55. The first-order valence-electron chi connectivity index (χ1n) is 1.05. The predicted molar refractivity (Wildman–Crippen MR) is 19.5 cm³/mol. The molecule has 0 aliphatic carbocycles. The zero-order chi connectivity index (χ0) is 3.41. The van der Waals surface area contributed by atoms with E-state index in [2.05, 4.69) is 0 Å². The number of hydrogen-bond donors (Lipinski definition) is 1. The molecule has 0 saturated heterocycles. The molecule has 2 nitrogen and oxygen atoms in total. The van der Waals surface area contributed by atoms with E-state index in [-0.39, 0.29) is 0 Å². The minimum Gasteiger partial charge on any atom is -0.350 e. The topological polar surface area (TPSA) is 43.1 Å². The molecule has 0 aromatic heterocycles. The van der Waals surface area contributed by atoms with Gasteiger partial charge in [0.1, 0.15) is 5.91 Å². The monoisotopic (exact) mass is 75.0 g/mol. The Morgan fingerprint density at radius 1 is 2.00 bits per heavy atom. The van der Waals surface area contributed by atoms with Crippen LogP contribution in [0.1, 0.15) is 0 Å². The summed E-state index contributed by atoms with van der Waals surface area (Å²) < 4.78 is 0. The maximum Gasteiger partial charge on any atom is 0.163 e. The summed E-state index contributed by atoms with van der Waals surface area (Å²) in [7, 11) is -0.756. The van der Waals surface area contributed by atoms with E-state index in [4.69, 9.17) is 10.2 Å². The number of rotatable bonds is 1. The molecule has 0 atom stereocenters. The van der Waals surface area contributed by atoms with Crippen LogP contribution in [0.3, 0.4) is 0 Å². The van der Waals surface area contributed by atoms with E-state index in [1.165, 1.54) is 0 Å². The molecular weight excluding hydrogens is 70.1 g/mol. The normalized spacial score (nSPS) is 9.25. The fourth-order valence-corrected chi connectivity index (χ4v) is 0. The lowest BCUT2D eigenvalue weighted by molar-refractivity contribution is 0.568. The van der Waals surface area contributed by atoms with Crippen LogP contribution < -0.4 is 5.40 Å². The minimum absolute atomic E-state index is 0.756. The van der Waals surface area contributed by atoms with E-state index in [9.17, 15) is 0 Å². The number of hydrogen-bond acceptors (Lipinski definition) is 2. The number of carbonyl (C=O) groups is 1. The first-order chi connectivity index (χ1) is 1.91. The summed E-state index contributed by atoms with van der Waals surface area (Å²) >= 11 is 0. The molecule has 24 valence electrons. The molecular formula is CH5NOSi. The van der Waals surface area contributed by atoms with Crippen molar-refractivity contribution in [1.29, 1.82) is 0 Å². The van der Waals surface area contributed by atoms with Gasteiger partial charge in [0.2, 0.25) is 0 Å². The smallest absolute Gasteiger partial charge is 0.163 e. The van der Waals surface area contributed by atoms with Crippen molar-refractivity contribution in [2.24, 2.45) is 5.40 Å². The highest BCUT2D eigenvalue weighted by atomic mass is 28.2. The molecule has 0 aliphatic rings. The zero-order valence-corrected chi connectivity index (χ0v) is 3.68. The van der Waals surface area contributed by atoms with Crippen molar-refractivity contribution < 1.29 is 4.79 Å². The Kier molecular flexibility index (Phi) is 2.74. The van der Waals surface area contributed by atoms with E-state index >= 15 is 0 Å². The molecule has 0 heterocycles. The lowest BCUT2D eigenvalue weighted by Gasteiger charge is -1.52. The average Bonchev–Trinajstić information content (AvgIpc) is 1.37. The molecule has 0 aromatic carbocycles. The van der Waals surface area contributed by atoms with Gasteiger partial charge in [-0.05, 0) is 0 Å². The van der Waals surface area contributed by atoms with Gasteiger partial charge in [0, 0.05) is 0 Å². The molecule has 0 saturated carbocycles. The summed E-state index contributed by atoms with van der Waals surface area (Å²) in [6.07, 6.45) is 0. The van der Waals surface area contributed by atoms with Gasteiger partial charge < -0.3 is 10.2 Å². The summed E-state index contributed by atoms with van der Waals surface area (Å²) in [4.78, 5) is 9.11. The average molecular weight is 75.1 g/mol. The molecule has 0 fully saturated rings. The third-order valence-electron chi connectivity index (χ3n) is 0.0962. The van der Waals surface area contributed by atoms with E-state index in [1.807, 2.05) is 0 Å². The van der Waals surface area contributed by atoms with E-state index in [0.717, 1.165) is 5.91 Å². The second kappa shape index (κ2) is 2.85. The highest BCUT2D eigenvalue weighted by Crippen LogP contribution is 1.11. The molecule has 0 aromatic rings. The first-order valence-corrected chi connectivity index (χ1v) is 2.69. The molecule has 0 radical (unpaired) electrons. The molecule has 0 aliphatic heterocycles. The van der Waals surface area contributed by atoms with Crippen molar-refractivity contribution in [3.8, 4) is 0 Å². The zero-order valence-electron chi connectivity index (χ0n) is 2.27. The second-order valence-electron chi connectivity index (χ2n) is 0.402. The van der Waals surface area contributed by atoms with Crippen LogP contribution in [0.4, 0.5) is 0 Å². The van der Waals surface area contributed by atoms with Gasteiger partial charge in [-0.3, -0.25) is 0 Å². The predicted octanol–water partition coefficient (Wildman–Crippen LogP) is -1.78. The molecule has 3 heteroatoms. The standard InChI is InChI=1S/CH5NOSi/c2-4-1-3/h1H,2,4H2. The van der Waals surface area contributed by atoms with Crippen LogP contribution in [-0.4, -0.2) is 15.6 Å². The van der Waals surface area contributed by atoms with Gasteiger partial charge in [-0.25, -0.2) is 0 Å². The van der Waals surface area contributed by atoms with Crippen LogP contribution >= 0.6 is 0 Å².